The van der Waals surface area contributed by atoms with E-state index in [9.17, 15) is 0 Å². The van der Waals surface area contributed by atoms with E-state index >= 15 is 0 Å². The van der Waals surface area contributed by atoms with E-state index < -0.39 is 0 Å². The van der Waals surface area contributed by atoms with E-state index in [1.54, 1.807) is 6.07 Å². The Labute approximate surface area is 111 Å². The van der Waals surface area contributed by atoms with Crippen molar-refractivity contribution in [1.82, 2.24) is 10.2 Å². The number of hydrogen-bond acceptors (Lipinski definition) is 4. The Kier molecular flexibility index (Phi) is 4.42. The Balaban J connectivity index is 2.20. The van der Waals surface area contributed by atoms with Crippen molar-refractivity contribution >= 4 is 28.9 Å². The molecule has 1 aromatic rings. The number of anilines is 1. The first-order valence-corrected chi connectivity index (χ1v) is 6.54. The summed E-state index contributed by atoms with van der Waals surface area (Å²) in [6.45, 7) is 0.940. The number of rotatable bonds is 5. The highest BCUT2D eigenvalue weighted by Gasteiger charge is 2.26. The van der Waals surface area contributed by atoms with Crippen molar-refractivity contribution in [2.24, 2.45) is 0 Å². The van der Waals surface area contributed by atoms with E-state index in [1.807, 2.05) is 0 Å². The quantitative estimate of drug-likeness (QED) is 0.897. The number of aliphatic hydroxyl groups excluding tert-OH is 1. The summed E-state index contributed by atoms with van der Waals surface area (Å²) in [5.41, 5.74) is 0.824. The van der Waals surface area contributed by atoms with Gasteiger partial charge in [0.15, 0.2) is 10.3 Å². The Bertz CT molecular complexity index is 385. The first-order valence-electron chi connectivity index (χ1n) is 5.78. The molecule has 2 rings (SSSR count). The first-order chi connectivity index (χ1) is 8.22. The summed E-state index contributed by atoms with van der Waals surface area (Å²) in [6, 6.07) is 2.23. The fourth-order valence-electron chi connectivity index (χ4n) is 1.98. The normalized spacial score (nSPS) is 15.7. The lowest BCUT2D eigenvalue weighted by Gasteiger charge is -2.39. The zero-order valence-electron chi connectivity index (χ0n) is 9.44. The molecule has 0 radical (unpaired) electrons. The average Bonchev–Trinajstić information content (AvgIpc) is 2.25. The van der Waals surface area contributed by atoms with Gasteiger partial charge in [-0.3, -0.25) is 0 Å². The lowest BCUT2D eigenvalue weighted by molar-refractivity contribution is 0.283. The van der Waals surface area contributed by atoms with Crippen LogP contribution in [0.2, 0.25) is 10.3 Å². The summed E-state index contributed by atoms with van der Waals surface area (Å²) in [6.07, 6.45) is 4.26. The maximum Gasteiger partial charge on any atom is 0.175 e. The van der Waals surface area contributed by atoms with E-state index in [1.165, 1.54) is 6.42 Å². The van der Waals surface area contributed by atoms with Gasteiger partial charge in [-0.15, -0.1) is 10.2 Å². The molecule has 0 spiro atoms. The van der Waals surface area contributed by atoms with Crippen LogP contribution in [0.15, 0.2) is 6.07 Å². The van der Waals surface area contributed by atoms with Gasteiger partial charge >= 0.3 is 0 Å². The summed E-state index contributed by atoms with van der Waals surface area (Å²) in [5, 5.41) is 17.2. The standard InChI is InChI=1S/C11H15Cl2N3O/c12-10-7-9(11(13)15-14-10)16(5-2-6-17)8-3-1-4-8/h7-8,17H,1-6H2. The van der Waals surface area contributed by atoms with Crippen LogP contribution in [0.25, 0.3) is 0 Å². The minimum Gasteiger partial charge on any atom is -0.396 e. The minimum atomic E-state index is 0.174. The molecule has 6 heteroatoms. The summed E-state index contributed by atoms with van der Waals surface area (Å²) < 4.78 is 0. The van der Waals surface area contributed by atoms with Gasteiger partial charge in [0.05, 0.1) is 5.69 Å². The van der Waals surface area contributed by atoms with Gasteiger partial charge in [-0.2, -0.15) is 0 Å². The van der Waals surface area contributed by atoms with Crippen molar-refractivity contribution in [3.63, 3.8) is 0 Å². The van der Waals surface area contributed by atoms with Gasteiger partial charge in [0.1, 0.15) is 0 Å². The molecule has 1 aliphatic carbocycles. The van der Waals surface area contributed by atoms with Crippen LogP contribution in [0.4, 0.5) is 5.69 Å². The molecule has 1 aliphatic rings. The topological polar surface area (TPSA) is 49.2 Å². The molecule has 0 aromatic carbocycles. The summed E-state index contributed by atoms with van der Waals surface area (Å²) >= 11 is 11.9. The third-order valence-corrected chi connectivity index (χ3v) is 3.54. The molecule has 1 fully saturated rings. The SMILES string of the molecule is OCCCN(c1cc(Cl)nnc1Cl)C1CCC1. The van der Waals surface area contributed by atoms with E-state index in [-0.39, 0.29) is 6.61 Å². The largest absolute Gasteiger partial charge is 0.396 e. The van der Waals surface area contributed by atoms with Crippen LogP contribution in [0.1, 0.15) is 25.7 Å². The highest BCUT2D eigenvalue weighted by atomic mass is 35.5. The van der Waals surface area contributed by atoms with Gasteiger partial charge < -0.3 is 10.0 Å². The number of aromatic nitrogens is 2. The van der Waals surface area contributed by atoms with Crippen molar-refractivity contribution in [1.29, 1.82) is 0 Å². The molecule has 0 amide bonds. The number of halogens is 2. The fourth-order valence-corrected chi connectivity index (χ4v) is 2.33. The van der Waals surface area contributed by atoms with Gasteiger partial charge in [0.2, 0.25) is 0 Å². The second-order valence-electron chi connectivity index (χ2n) is 4.20. The van der Waals surface area contributed by atoms with Gasteiger partial charge in [-0.25, -0.2) is 0 Å². The van der Waals surface area contributed by atoms with Crippen LogP contribution < -0.4 is 4.90 Å². The Morgan fingerprint density at radius 3 is 2.71 bits per heavy atom. The fraction of sp³-hybridized carbons (Fsp3) is 0.636. The average molecular weight is 276 g/mol. The molecule has 0 unspecified atom stereocenters. The molecular weight excluding hydrogens is 261 g/mol. The van der Waals surface area contributed by atoms with Crippen LogP contribution in [-0.4, -0.2) is 34.5 Å². The van der Waals surface area contributed by atoms with Crippen LogP contribution in [0.3, 0.4) is 0 Å². The molecule has 17 heavy (non-hydrogen) atoms. The van der Waals surface area contributed by atoms with E-state index in [4.69, 9.17) is 28.3 Å². The third kappa shape index (κ3) is 3.00. The smallest absolute Gasteiger partial charge is 0.175 e. The first kappa shape index (κ1) is 12.9. The molecule has 0 bridgehead atoms. The molecule has 0 atom stereocenters. The van der Waals surface area contributed by atoms with Gasteiger partial charge in [0.25, 0.3) is 0 Å². The van der Waals surface area contributed by atoms with Crippen LogP contribution in [0.5, 0.6) is 0 Å². The second kappa shape index (κ2) is 5.85. The summed E-state index contributed by atoms with van der Waals surface area (Å²) in [7, 11) is 0. The lowest BCUT2D eigenvalue weighted by atomic mass is 9.91. The Morgan fingerprint density at radius 2 is 2.12 bits per heavy atom. The van der Waals surface area contributed by atoms with Gasteiger partial charge in [-0.1, -0.05) is 23.2 Å². The molecular formula is C11H15Cl2N3O. The van der Waals surface area contributed by atoms with Gasteiger partial charge in [0, 0.05) is 25.3 Å². The molecule has 1 saturated carbocycles. The number of nitrogens with zero attached hydrogens (tertiary/aromatic N) is 3. The molecule has 0 saturated heterocycles. The van der Waals surface area contributed by atoms with E-state index in [0.29, 0.717) is 22.8 Å². The van der Waals surface area contributed by atoms with Crippen molar-refractivity contribution in [2.75, 3.05) is 18.1 Å². The zero-order valence-corrected chi connectivity index (χ0v) is 11.0. The Morgan fingerprint density at radius 1 is 1.35 bits per heavy atom. The van der Waals surface area contributed by atoms with Crippen molar-refractivity contribution in [3.8, 4) is 0 Å². The Hall–Kier alpha value is -0.580. The van der Waals surface area contributed by atoms with E-state index in [2.05, 4.69) is 15.1 Å². The molecule has 94 valence electrons. The second-order valence-corrected chi connectivity index (χ2v) is 4.94. The van der Waals surface area contributed by atoms with Crippen LogP contribution in [-0.2, 0) is 0 Å². The monoisotopic (exact) mass is 275 g/mol. The molecule has 1 N–H and O–H groups in total. The lowest BCUT2D eigenvalue weighted by Crippen LogP contribution is -2.41. The number of aliphatic hydroxyl groups is 1. The highest BCUT2D eigenvalue weighted by molar-refractivity contribution is 6.33. The van der Waals surface area contributed by atoms with E-state index in [0.717, 1.165) is 25.1 Å². The molecule has 4 nitrogen and oxygen atoms in total. The minimum absolute atomic E-state index is 0.174. The molecule has 0 aliphatic heterocycles. The summed E-state index contributed by atoms with van der Waals surface area (Å²) in [5.74, 6) is 0. The highest BCUT2D eigenvalue weighted by Crippen LogP contribution is 2.33. The zero-order chi connectivity index (χ0) is 12.3. The van der Waals surface area contributed by atoms with Crippen molar-refractivity contribution in [3.05, 3.63) is 16.4 Å². The predicted octanol–water partition coefficient (Wildman–Crippen LogP) is 2.52. The van der Waals surface area contributed by atoms with Gasteiger partial charge in [-0.05, 0) is 25.7 Å². The maximum absolute atomic E-state index is 8.94. The van der Waals surface area contributed by atoms with Crippen LogP contribution in [0, 0.1) is 0 Å². The van der Waals surface area contributed by atoms with Crippen molar-refractivity contribution < 1.29 is 5.11 Å². The maximum atomic E-state index is 8.94. The van der Waals surface area contributed by atoms with Crippen LogP contribution >= 0.6 is 23.2 Å². The molecule has 1 aromatic heterocycles. The van der Waals surface area contributed by atoms with Crippen molar-refractivity contribution in [2.45, 2.75) is 31.7 Å². The number of hydrogen-bond donors (Lipinski definition) is 1. The third-order valence-electron chi connectivity index (χ3n) is 3.08. The summed E-state index contributed by atoms with van der Waals surface area (Å²) in [4.78, 5) is 2.18. The molecule has 1 heterocycles. The predicted molar refractivity (Wildman–Crippen MR) is 68.7 cm³/mol.